The Morgan fingerprint density at radius 1 is 1.38 bits per heavy atom. The Morgan fingerprint density at radius 2 is 2.10 bits per heavy atom. The van der Waals surface area contributed by atoms with E-state index in [4.69, 9.17) is 5.73 Å². The third-order valence-corrected chi connectivity index (χ3v) is 7.05. The Hall–Kier alpha value is -1.03. The number of rotatable bonds is 2. The standard InChI is InChI=1S/C17H23BrN2O/c1-16(2)11-6-7-17(16,3)14(9-11)20-15(21)10-4-5-13(19)12(18)8-10/h4-5,8,11,14H,6-7,9,19H2,1-3H3,(H,20,21). The number of anilines is 1. The second-order valence-electron chi connectivity index (χ2n) is 7.37. The van der Waals surface area contributed by atoms with Crippen LogP contribution >= 0.6 is 15.9 Å². The fourth-order valence-electron chi connectivity index (χ4n) is 4.33. The quantitative estimate of drug-likeness (QED) is 0.792. The Balaban J connectivity index is 1.79. The zero-order valence-electron chi connectivity index (χ0n) is 12.9. The summed E-state index contributed by atoms with van der Waals surface area (Å²) in [6, 6.07) is 5.63. The highest BCUT2D eigenvalue weighted by atomic mass is 79.9. The molecule has 2 bridgehead atoms. The molecule has 2 saturated carbocycles. The summed E-state index contributed by atoms with van der Waals surface area (Å²) in [6.07, 6.45) is 3.61. The van der Waals surface area contributed by atoms with Gasteiger partial charge in [0.25, 0.3) is 5.91 Å². The van der Waals surface area contributed by atoms with Crippen LogP contribution in [-0.2, 0) is 0 Å². The predicted molar refractivity (Wildman–Crippen MR) is 89.0 cm³/mol. The second kappa shape index (κ2) is 4.73. The first-order valence-corrected chi connectivity index (χ1v) is 8.41. The zero-order chi connectivity index (χ0) is 15.4. The van der Waals surface area contributed by atoms with Gasteiger partial charge < -0.3 is 11.1 Å². The Bertz CT molecular complexity index is 598. The van der Waals surface area contributed by atoms with E-state index >= 15 is 0 Å². The first kappa shape index (κ1) is 14.9. The van der Waals surface area contributed by atoms with Crippen LogP contribution in [0.25, 0.3) is 0 Å². The largest absolute Gasteiger partial charge is 0.398 e. The molecular weight excluding hydrogens is 328 g/mol. The van der Waals surface area contributed by atoms with Crippen molar-refractivity contribution in [3.63, 3.8) is 0 Å². The predicted octanol–water partition coefficient (Wildman–Crippen LogP) is 3.98. The van der Waals surface area contributed by atoms with Gasteiger partial charge in [-0.3, -0.25) is 4.79 Å². The average molecular weight is 351 g/mol. The summed E-state index contributed by atoms with van der Waals surface area (Å²) in [5.74, 6) is 0.733. The number of nitrogens with one attached hydrogen (secondary N) is 1. The average Bonchev–Trinajstić information content (AvgIpc) is 2.75. The molecule has 3 nitrogen and oxygen atoms in total. The Morgan fingerprint density at radius 3 is 2.62 bits per heavy atom. The Labute approximate surface area is 134 Å². The fourth-order valence-corrected chi connectivity index (χ4v) is 4.71. The number of carbonyl (C=O) groups excluding carboxylic acids is 1. The molecule has 3 N–H and O–H groups in total. The highest BCUT2D eigenvalue weighted by Gasteiger charge is 2.61. The fraction of sp³-hybridized carbons (Fsp3) is 0.588. The van der Waals surface area contributed by atoms with Crippen LogP contribution in [0.4, 0.5) is 5.69 Å². The summed E-state index contributed by atoms with van der Waals surface area (Å²) in [5.41, 5.74) is 7.62. The maximum atomic E-state index is 12.5. The lowest BCUT2D eigenvalue weighted by Gasteiger charge is -2.39. The van der Waals surface area contributed by atoms with Gasteiger partial charge in [0.15, 0.2) is 0 Å². The van der Waals surface area contributed by atoms with Gasteiger partial charge in [-0.15, -0.1) is 0 Å². The molecular formula is C17H23BrN2O. The SMILES string of the molecule is CC1(C)C2CCC1(C)C(NC(=O)c1ccc(N)c(Br)c1)C2. The third kappa shape index (κ3) is 2.10. The molecule has 1 amide bonds. The van der Waals surface area contributed by atoms with Crippen molar-refractivity contribution < 1.29 is 4.79 Å². The van der Waals surface area contributed by atoms with Gasteiger partial charge in [0.2, 0.25) is 0 Å². The minimum Gasteiger partial charge on any atom is -0.398 e. The number of nitrogen functional groups attached to an aromatic ring is 1. The lowest BCUT2D eigenvalue weighted by Crippen LogP contribution is -2.46. The summed E-state index contributed by atoms with van der Waals surface area (Å²) < 4.78 is 0.773. The van der Waals surface area contributed by atoms with Gasteiger partial charge in [0, 0.05) is 21.8 Å². The lowest BCUT2D eigenvalue weighted by molar-refractivity contribution is 0.0826. The van der Waals surface area contributed by atoms with Gasteiger partial charge in [-0.2, -0.15) is 0 Å². The number of hydrogen-bond donors (Lipinski definition) is 2. The normalized spacial score (nSPS) is 33.1. The molecule has 0 spiro atoms. The number of nitrogens with two attached hydrogens (primary N) is 1. The molecule has 4 heteroatoms. The number of carbonyl (C=O) groups is 1. The molecule has 3 unspecified atom stereocenters. The molecule has 3 atom stereocenters. The minimum absolute atomic E-state index is 0.00488. The van der Waals surface area contributed by atoms with Crippen LogP contribution in [0.1, 0.15) is 50.4 Å². The van der Waals surface area contributed by atoms with Gasteiger partial charge in [0.1, 0.15) is 0 Å². The van der Waals surface area contributed by atoms with E-state index in [-0.39, 0.29) is 17.4 Å². The van der Waals surface area contributed by atoms with Gasteiger partial charge in [0.05, 0.1) is 0 Å². The number of amides is 1. The molecule has 0 heterocycles. The number of hydrogen-bond acceptors (Lipinski definition) is 2. The van der Waals surface area contributed by atoms with Gasteiger partial charge in [-0.25, -0.2) is 0 Å². The molecule has 114 valence electrons. The van der Waals surface area contributed by atoms with E-state index in [0.29, 0.717) is 16.7 Å². The van der Waals surface area contributed by atoms with E-state index in [2.05, 4.69) is 42.0 Å². The molecule has 21 heavy (non-hydrogen) atoms. The van der Waals surface area contributed by atoms with Crippen LogP contribution in [0.3, 0.4) is 0 Å². The van der Waals surface area contributed by atoms with Crippen molar-refractivity contribution in [2.45, 2.75) is 46.1 Å². The first-order valence-electron chi connectivity index (χ1n) is 7.61. The Kier molecular flexibility index (Phi) is 3.36. The van der Waals surface area contributed by atoms with Crippen LogP contribution in [-0.4, -0.2) is 11.9 Å². The van der Waals surface area contributed by atoms with E-state index in [9.17, 15) is 4.79 Å². The van der Waals surface area contributed by atoms with Crippen molar-refractivity contribution in [1.29, 1.82) is 0 Å². The van der Waals surface area contributed by atoms with Gasteiger partial charge >= 0.3 is 0 Å². The van der Waals surface area contributed by atoms with Gasteiger partial charge in [-0.1, -0.05) is 20.8 Å². The topological polar surface area (TPSA) is 55.1 Å². The molecule has 1 aromatic rings. The van der Waals surface area contributed by atoms with E-state index in [1.165, 1.54) is 12.8 Å². The highest BCUT2D eigenvalue weighted by Crippen LogP contribution is 2.65. The van der Waals surface area contributed by atoms with Crippen molar-refractivity contribution in [3.8, 4) is 0 Å². The van der Waals surface area contributed by atoms with E-state index < -0.39 is 0 Å². The molecule has 2 aliphatic rings. The molecule has 0 aliphatic heterocycles. The minimum atomic E-state index is 0.00488. The van der Waals surface area contributed by atoms with E-state index in [1.807, 2.05) is 0 Å². The molecule has 0 saturated heterocycles. The highest BCUT2D eigenvalue weighted by molar-refractivity contribution is 9.10. The second-order valence-corrected chi connectivity index (χ2v) is 8.23. The summed E-state index contributed by atoms with van der Waals surface area (Å²) >= 11 is 3.38. The van der Waals surface area contributed by atoms with Gasteiger partial charge in [-0.05, 0) is 70.1 Å². The van der Waals surface area contributed by atoms with Crippen molar-refractivity contribution in [2.24, 2.45) is 16.7 Å². The maximum Gasteiger partial charge on any atom is 0.251 e. The maximum absolute atomic E-state index is 12.5. The van der Waals surface area contributed by atoms with Crippen molar-refractivity contribution in [2.75, 3.05) is 5.73 Å². The molecule has 2 fully saturated rings. The van der Waals surface area contributed by atoms with Crippen LogP contribution in [0.2, 0.25) is 0 Å². The molecule has 0 aromatic heterocycles. The van der Waals surface area contributed by atoms with Crippen LogP contribution in [0, 0.1) is 16.7 Å². The van der Waals surface area contributed by atoms with E-state index in [1.54, 1.807) is 18.2 Å². The van der Waals surface area contributed by atoms with Crippen LogP contribution < -0.4 is 11.1 Å². The van der Waals surface area contributed by atoms with Crippen LogP contribution in [0.5, 0.6) is 0 Å². The van der Waals surface area contributed by atoms with Crippen molar-refractivity contribution in [1.82, 2.24) is 5.32 Å². The molecule has 2 aliphatic carbocycles. The number of fused-ring (bicyclic) bond motifs is 2. The summed E-state index contributed by atoms with van der Waals surface area (Å²) in [7, 11) is 0. The first-order chi connectivity index (χ1) is 9.75. The molecule has 0 radical (unpaired) electrons. The number of benzene rings is 1. The van der Waals surface area contributed by atoms with E-state index in [0.717, 1.165) is 16.8 Å². The van der Waals surface area contributed by atoms with Crippen molar-refractivity contribution in [3.05, 3.63) is 28.2 Å². The lowest BCUT2D eigenvalue weighted by atomic mass is 9.69. The zero-order valence-corrected chi connectivity index (χ0v) is 14.5. The third-order valence-electron chi connectivity index (χ3n) is 6.36. The smallest absolute Gasteiger partial charge is 0.251 e. The summed E-state index contributed by atoms with van der Waals surface area (Å²) in [4.78, 5) is 12.5. The molecule has 3 rings (SSSR count). The van der Waals surface area contributed by atoms with Crippen molar-refractivity contribution >= 4 is 27.5 Å². The van der Waals surface area contributed by atoms with Crippen LogP contribution in [0.15, 0.2) is 22.7 Å². The monoisotopic (exact) mass is 350 g/mol. The summed E-state index contributed by atoms with van der Waals surface area (Å²) in [6.45, 7) is 7.05. The summed E-state index contributed by atoms with van der Waals surface area (Å²) in [5, 5.41) is 3.27. The number of halogens is 1. The molecule has 1 aromatic carbocycles.